The first-order valence-corrected chi connectivity index (χ1v) is 19.2. The van der Waals surface area contributed by atoms with Crippen LogP contribution in [0.15, 0.2) is 103 Å². The lowest BCUT2D eigenvalue weighted by molar-refractivity contribution is -0.134. The van der Waals surface area contributed by atoms with Gasteiger partial charge in [0.1, 0.15) is 11.8 Å². The van der Waals surface area contributed by atoms with Gasteiger partial charge in [0.15, 0.2) is 0 Å². The van der Waals surface area contributed by atoms with Crippen molar-refractivity contribution in [2.45, 2.75) is 56.5 Å². The number of phenols is 1. The van der Waals surface area contributed by atoms with E-state index in [9.17, 15) is 24.3 Å². The maximum atomic E-state index is 13.6. The topological polar surface area (TPSA) is 161 Å². The molecule has 4 heterocycles. The molecule has 1 unspecified atom stereocenters. The molecule has 0 bridgehead atoms. The van der Waals surface area contributed by atoms with Gasteiger partial charge >= 0.3 is 0 Å². The molecule has 12 heteroatoms. The Morgan fingerprint density at radius 3 is 2.36 bits per heavy atom. The van der Waals surface area contributed by atoms with E-state index in [1.165, 1.54) is 11.6 Å². The summed E-state index contributed by atoms with van der Waals surface area (Å²) in [5.41, 5.74) is 5.42. The fourth-order valence-corrected chi connectivity index (χ4v) is 9.18. The zero-order valence-corrected chi connectivity index (χ0v) is 30.7. The Balaban J connectivity index is 0.838. The zero-order valence-electron chi connectivity index (χ0n) is 30.7. The smallest absolute Gasteiger partial charge is 0.259 e. The van der Waals surface area contributed by atoms with Crippen molar-refractivity contribution in [3.8, 4) is 5.75 Å². The molecular weight excluding hydrogens is 707 g/mol. The van der Waals surface area contributed by atoms with Gasteiger partial charge < -0.3 is 20.3 Å². The number of carbonyl (C=O) groups is 4. The third-order valence-electron chi connectivity index (χ3n) is 12.0. The molecule has 1 saturated carbocycles. The Bertz CT molecular complexity index is 2410. The molecule has 4 aliphatic heterocycles. The van der Waals surface area contributed by atoms with Gasteiger partial charge in [-0.2, -0.15) is 0 Å². The summed E-state index contributed by atoms with van der Waals surface area (Å²) in [4.78, 5) is 59.3. The standard InChI is InChI=1S/C44H41N7O5/c45-34-20-21-49(38(34)24-35(46)32-4-1-2-7-39(32)52)28-12-14-29(15-13-28)50-23-22-48(25-41(50)54)27-10-8-26(9-11-27)30-16-17-36-42-31(30)5-3-6-33(42)44(56)51(36)37-18-19-40(53)47-43(37)55/h1-7,12-17,20-21,24,26-27,37,45-46,52H,8-11,18-19,22-23,25H2,(H,47,53,55)/b38-24+,45-34?,46-35?. The Morgan fingerprint density at radius 2 is 1.61 bits per heavy atom. The van der Waals surface area contributed by atoms with E-state index in [-0.39, 0.29) is 41.3 Å². The maximum Gasteiger partial charge on any atom is 0.259 e. The fraction of sp³-hybridized carbons (Fsp3) is 0.273. The minimum atomic E-state index is -0.709. The van der Waals surface area contributed by atoms with Gasteiger partial charge in [-0.3, -0.25) is 39.7 Å². The first kappa shape index (κ1) is 35.3. The number of benzene rings is 4. The van der Waals surface area contributed by atoms with Crippen molar-refractivity contribution in [2.75, 3.05) is 34.3 Å². The number of piperidine rings is 1. The van der Waals surface area contributed by atoms with Crippen molar-refractivity contribution in [3.05, 3.63) is 120 Å². The number of para-hydroxylation sites is 1. The molecule has 5 aliphatic rings. The van der Waals surface area contributed by atoms with Gasteiger partial charge in [0.2, 0.25) is 17.7 Å². The number of nitrogens with zero attached hydrogens (tertiary/aromatic N) is 4. The predicted octanol–water partition coefficient (Wildman–Crippen LogP) is 5.99. The summed E-state index contributed by atoms with van der Waals surface area (Å²) in [6.45, 7) is 1.71. The van der Waals surface area contributed by atoms with E-state index >= 15 is 0 Å². The van der Waals surface area contributed by atoms with Gasteiger partial charge in [0.05, 0.1) is 29.4 Å². The van der Waals surface area contributed by atoms with E-state index in [4.69, 9.17) is 10.8 Å². The molecule has 3 fully saturated rings. The van der Waals surface area contributed by atoms with E-state index in [1.807, 2.05) is 52.3 Å². The highest BCUT2D eigenvalue weighted by Crippen LogP contribution is 2.45. The van der Waals surface area contributed by atoms with Crippen LogP contribution < -0.4 is 20.0 Å². The number of carbonyl (C=O) groups excluding carboxylic acids is 4. The van der Waals surface area contributed by atoms with Gasteiger partial charge in [0.25, 0.3) is 5.91 Å². The second-order valence-corrected chi connectivity index (χ2v) is 15.1. The monoisotopic (exact) mass is 747 g/mol. The van der Waals surface area contributed by atoms with Crippen LogP contribution in [0.25, 0.3) is 10.8 Å². The molecule has 0 spiro atoms. The number of amides is 4. The summed E-state index contributed by atoms with van der Waals surface area (Å²) in [5, 5.41) is 31.5. The summed E-state index contributed by atoms with van der Waals surface area (Å²) in [7, 11) is 0. The number of hydrogen-bond donors (Lipinski definition) is 4. The van der Waals surface area contributed by atoms with Crippen molar-refractivity contribution in [3.63, 3.8) is 0 Å². The van der Waals surface area contributed by atoms with Crippen LogP contribution >= 0.6 is 0 Å². The first-order chi connectivity index (χ1) is 27.2. The molecule has 1 atom stereocenters. The number of phenolic OH excluding ortho intramolecular Hbond substituents is 1. The molecule has 4 aromatic rings. The van der Waals surface area contributed by atoms with Gasteiger partial charge in [-0.15, -0.1) is 0 Å². The molecule has 0 radical (unpaired) electrons. The van der Waals surface area contributed by atoms with E-state index in [0.717, 1.165) is 60.1 Å². The van der Waals surface area contributed by atoms with Crippen molar-refractivity contribution in [1.82, 2.24) is 10.2 Å². The molecule has 2 saturated heterocycles. The van der Waals surface area contributed by atoms with Crippen LogP contribution in [0.2, 0.25) is 0 Å². The molecule has 56 heavy (non-hydrogen) atoms. The minimum absolute atomic E-state index is 0.0101. The Kier molecular flexibility index (Phi) is 8.85. The lowest BCUT2D eigenvalue weighted by atomic mass is 9.79. The third kappa shape index (κ3) is 6.06. The zero-order chi connectivity index (χ0) is 38.7. The van der Waals surface area contributed by atoms with E-state index in [2.05, 4.69) is 22.3 Å². The van der Waals surface area contributed by atoms with Crippen LogP contribution in [-0.4, -0.2) is 76.8 Å². The van der Waals surface area contributed by atoms with Gasteiger partial charge in [-0.05, 0) is 110 Å². The summed E-state index contributed by atoms with van der Waals surface area (Å²) >= 11 is 0. The number of hydrogen-bond acceptors (Lipinski definition) is 9. The van der Waals surface area contributed by atoms with Crippen LogP contribution in [-0.2, 0) is 14.4 Å². The Hall–Kier alpha value is -6.40. The summed E-state index contributed by atoms with van der Waals surface area (Å²) in [6.07, 6.45) is 9.40. The number of nitrogens with one attached hydrogen (secondary N) is 3. The van der Waals surface area contributed by atoms with Crippen LogP contribution in [0.1, 0.15) is 65.9 Å². The first-order valence-electron chi connectivity index (χ1n) is 19.2. The molecule has 282 valence electrons. The molecule has 9 rings (SSSR count). The van der Waals surface area contributed by atoms with E-state index < -0.39 is 11.9 Å². The second-order valence-electron chi connectivity index (χ2n) is 15.1. The highest BCUT2D eigenvalue weighted by molar-refractivity contribution is 6.27. The number of aromatic hydroxyl groups is 1. The number of allylic oxidation sites excluding steroid dienone is 2. The normalized spacial score (nSPS) is 23.5. The molecule has 4 N–H and O–H groups in total. The highest BCUT2D eigenvalue weighted by Gasteiger charge is 2.41. The predicted molar refractivity (Wildman–Crippen MR) is 215 cm³/mol. The Morgan fingerprint density at radius 1 is 0.839 bits per heavy atom. The number of rotatable bonds is 7. The lowest BCUT2D eigenvalue weighted by Crippen LogP contribution is -2.54. The molecule has 4 aromatic carbocycles. The lowest BCUT2D eigenvalue weighted by Gasteiger charge is -2.41. The van der Waals surface area contributed by atoms with Crippen LogP contribution in [0.3, 0.4) is 0 Å². The van der Waals surface area contributed by atoms with Crippen molar-refractivity contribution >= 4 is 62.9 Å². The molecular formula is C44H41N7O5. The Labute approximate surface area is 323 Å². The summed E-state index contributed by atoms with van der Waals surface area (Å²) in [6, 6.07) is 23.8. The average molecular weight is 748 g/mol. The van der Waals surface area contributed by atoms with E-state index in [1.54, 1.807) is 41.5 Å². The largest absolute Gasteiger partial charge is 0.507 e. The van der Waals surface area contributed by atoms with E-state index in [0.29, 0.717) is 48.3 Å². The SMILES string of the molecule is N=C1C=CN(c2ccc(N3CCN(C4CCC(c5ccc6c7c(cccc57)C(=O)N6C5CCC(=O)NC5=O)CC4)CC3=O)cc2)/C1=C/C(=N)c1ccccc1O. The highest BCUT2D eigenvalue weighted by atomic mass is 16.3. The minimum Gasteiger partial charge on any atom is -0.507 e. The van der Waals surface area contributed by atoms with Crippen LogP contribution in [0.5, 0.6) is 5.75 Å². The molecule has 4 amide bonds. The van der Waals surface area contributed by atoms with Gasteiger partial charge in [0, 0.05) is 59.6 Å². The number of imide groups is 1. The summed E-state index contributed by atoms with van der Waals surface area (Å²) in [5.74, 6) is -0.554. The van der Waals surface area contributed by atoms with Crippen LogP contribution in [0, 0.1) is 10.8 Å². The van der Waals surface area contributed by atoms with Crippen LogP contribution in [0.4, 0.5) is 17.1 Å². The number of anilines is 3. The summed E-state index contributed by atoms with van der Waals surface area (Å²) < 4.78 is 0. The van der Waals surface area contributed by atoms with Crippen molar-refractivity contribution in [2.24, 2.45) is 0 Å². The fourth-order valence-electron chi connectivity index (χ4n) is 9.18. The second kappa shape index (κ2) is 14.0. The number of piperazine rings is 1. The molecule has 1 aliphatic carbocycles. The van der Waals surface area contributed by atoms with Crippen molar-refractivity contribution in [1.29, 1.82) is 10.8 Å². The quantitative estimate of drug-likeness (QED) is 0.133. The average Bonchev–Trinajstić information content (AvgIpc) is 3.71. The third-order valence-corrected chi connectivity index (χ3v) is 12.0. The molecule has 12 nitrogen and oxygen atoms in total. The maximum absolute atomic E-state index is 13.6. The van der Waals surface area contributed by atoms with Crippen molar-refractivity contribution < 1.29 is 24.3 Å². The van der Waals surface area contributed by atoms with Gasteiger partial charge in [-0.1, -0.05) is 30.3 Å². The molecule has 0 aromatic heterocycles. The van der Waals surface area contributed by atoms with Gasteiger partial charge in [-0.25, -0.2) is 0 Å².